The second-order valence-corrected chi connectivity index (χ2v) is 5.49. The summed E-state index contributed by atoms with van der Waals surface area (Å²) >= 11 is 17.8. The molecule has 0 aliphatic rings. The molecule has 0 fully saturated rings. The van der Waals surface area contributed by atoms with Gasteiger partial charge in [-0.2, -0.15) is 0 Å². The first-order valence-electron chi connectivity index (χ1n) is 5.62. The van der Waals surface area contributed by atoms with Crippen LogP contribution in [-0.2, 0) is 6.42 Å². The van der Waals surface area contributed by atoms with Gasteiger partial charge in [-0.3, -0.25) is 0 Å². The van der Waals surface area contributed by atoms with Gasteiger partial charge in [-0.15, -0.1) is 0 Å². The molecule has 2 N–H and O–H groups in total. The van der Waals surface area contributed by atoms with Crippen LogP contribution in [0.1, 0.15) is 17.2 Å². The summed E-state index contributed by atoms with van der Waals surface area (Å²) in [6.07, 6.45) is 0.386. The number of nitrogens with two attached hydrogens (primary N) is 1. The van der Waals surface area contributed by atoms with Crippen molar-refractivity contribution in [1.82, 2.24) is 0 Å². The minimum Gasteiger partial charge on any atom is -0.324 e. The number of hydrogen-bond acceptors (Lipinski definition) is 1. The van der Waals surface area contributed by atoms with Gasteiger partial charge in [-0.1, -0.05) is 34.8 Å². The van der Waals surface area contributed by atoms with Gasteiger partial charge in [0.05, 0.1) is 0 Å². The maximum absolute atomic E-state index is 13.7. The molecule has 0 heterocycles. The van der Waals surface area contributed by atoms with Gasteiger partial charge in [0.1, 0.15) is 5.82 Å². The van der Waals surface area contributed by atoms with Gasteiger partial charge in [0, 0.05) is 26.7 Å². The van der Waals surface area contributed by atoms with Crippen molar-refractivity contribution >= 4 is 34.8 Å². The second-order valence-electron chi connectivity index (χ2n) is 4.21. The number of halogens is 4. The van der Waals surface area contributed by atoms with Crippen LogP contribution in [0, 0.1) is 5.82 Å². The summed E-state index contributed by atoms with van der Waals surface area (Å²) in [5.74, 6) is -0.380. The van der Waals surface area contributed by atoms with E-state index in [1.807, 2.05) is 0 Å². The van der Waals surface area contributed by atoms with Crippen molar-refractivity contribution in [2.75, 3.05) is 0 Å². The Bertz CT molecular complexity index is 601. The summed E-state index contributed by atoms with van der Waals surface area (Å²) in [4.78, 5) is 0. The summed E-state index contributed by atoms with van der Waals surface area (Å²) in [6, 6.07) is 8.90. The van der Waals surface area contributed by atoms with Crippen LogP contribution >= 0.6 is 34.8 Å². The van der Waals surface area contributed by atoms with Crippen LogP contribution in [-0.4, -0.2) is 0 Å². The van der Waals surface area contributed by atoms with E-state index in [0.717, 1.165) is 5.56 Å². The summed E-state index contributed by atoms with van der Waals surface area (Å²) in [6.45, 7) is 0. The van der Waals surface area contributed by atoms with E-state index < -0.39 is 6.04 Å². The molecule has 0 aliphatic carbocycles. The molecule has 2 rings (SSSR count). The van der Waals surface area contributed by atoms with Crippen molar-refractivity contribution in [3.05, 3.63) is 68.4 Å². The Morgan fingerprint density at radius 3 is 2.37 bits per heavy atom. The summed E-state index contributed by atoms with van der Waals surface area (Å²) in [5, 5.41) is 1.57. The van der Waals surface area contributed by atoms with Gasteiger partial charge in [0.15, 0.2) is 0 Å². The molecule has 1 nitrogen and oxygen atoms in total. The van der Waals surface area contributed by atoms with Crippen LogP contribution in [0.3, 0.4) is 0 Å². The third-order valence-corrected chi connectivity index (χ3v) is 3.64. The molecular weight excluding hydrogens is 308 g/mol. The lowest BCUT2D eigenvalue weighted by Gasteiger charge is -2.14. The number of benzene rings is 2. The van der Waals surface area contributed by atoms with Crippen LogP contribution in [0.25, 0.3) is 0 Å². The van der Waals surface area contributed by atoms with E-state index in [-0.39, 0.29) is 5.82 Å². The molecule has 1 atom stereocenters. The molecule has 0 bridgehead atoms. The van der Waals surface area contributed by atoms with Crippen molar-refractivity contribution in [3.8, 4) is 0 Å². The molecule has 2 aromatic carbocycles. The third-order valence-electron chi connectivity index (χ3n) is 2.81. The van der Waals surface area contributed by atoms with E-state index in [1.54, 1.807) is 18.2 Å². The predicted octanol–water partition coefficient (Wildman–Crippen LogP) is 5.03. The first-order chi connectivity index (χ1) is 8.97. The van der Waals surface area contributed by atoms with Crippen LogP contribution in [0.2, 0.25) is 15.1 Å². The van der Waals surface area contributed by atoms with Crippen LogP contribution < -0.4 is 5.73 Å². The van der Waals surface area contributed by atoms with E-state index in [4.69, 9.17) is 40.5 Å². The molecule has 100 valence electrons. The van der Waals surface area contributed by atoms with Gasteiger partial charge < -0.3 is 5.73 Å². The van der Waals surface area contributed by atoms with E-state index in [0.29, 0.717) is 27.1 Å². The fourth-order valence-electron chi connectivity index (χ4n) is 1.85. The van der Waals surface area contributed by atoms with Gasteiger partial charge in [-0.05, 0) is 48.4 Å². The average molecular weight is 319 g/mol. The molecule has 0 radical (unpaired) electrons. The molecule has 0 amide bonds. The lowest BCUT2D eigenvalue weighted by Crippen LogP contribution is -2.15. The Balaban J connectivity index is 2.27. The molecule has 2 aromatic rings. The van der Waals surface area contributed by atoms with Gasteiger partial charge in [0.25, 0.3) is 0 Å². The Morgan fingerprint density at radius 2 is 1.63 bits per heavy atom. The summed E-state index contributed by atoms with van der Waals surface area (Å²) < 4.78 is 13.7. The van der Waals surface area contributed by atoms with Crippen LogP contribution in [0.5, 0.6) is 0 Å². The smallest absolute Gasteiger partial charge is 0.128 e. The van der Waals surface area contributed by atoms with Crippen molar-refractivity contribution < 1.29 is 4.39 Å². The molecular formula is C14H11Cl3FN. The van der Waals surface area contributed by atoms with E-state index in [9.17, 15) is 4.39 Å². The topological polar surface area (TPSA) is 26.0 Å². The Kier molecular flexibility index (Phi) is 4.69. The molecule has 0 saturated carbocycles. The highest BCUT2D eigenvalue weighted by Crippen LogP contribution is 2.27. The second kappa shape index (κ2) is 6.10. The maximum Gasteiger partial charge on any atom is 0.128 e. The first-order valence-corrected chi connectivity index (χ1v) is 6.75. The lowest BCUT2D eigenvalue weighted by atomic mass is 9.99. The molecule has 19 heavy (non-hydrogen) atoms. The first kappa shape index (κ1) is 14.6. The van der Waals surface area contributed by atoms with Gasteiger partial charge in [-0.25, -0.2) is 4.39 Å². The van der Waals surface area contributed by atoms with Crippen molar-refractivity contribution in [2.24, 2.45) is 5.73 Å². The third kappa shape index (κ3) is 3.61. The SMILES string of the molecule is NC(Cc1cc(Cl)ccc1Cl)c1cc(Cl)ccc1F. The Labute approximate surface area is 126 Å². The van der Waals surface area contributed by atoms with E-state index >= 15 is 0 Å². The van der Waals surface area contributed by atoms with Crippen molar-refractivity contribution in [3.63, 3.8) is 0 Å². The van der Waals surface area contributed by atoms with Gasteiger partial charge in [0.2, 0.25) is 0 Å². The fraction of sp³-hybridized carbons (Fsp3) is 0.143. The lowest BCUT2D eigenvalue weighted by molar-refractivity contribution is 0.580. The van der Waals surface area contributed by atoms with Crippen LogP contribution in [0.4, 0.5) is 4.39 Å². The Hall–Kier alpha value is -0.800. The van der Waals surface area contributed by atoms with E-state index in [1.165, 1.54) is 18.2 Å². The number of rotatable bonds is 3. The highest BCUT2D eigenvalue weighted by molar-refractivity contribution is 6.33. The molecule has 0 aromatic heterocycles. The van der Waals surface area contributed by atoms with Crippen LogP contribution in [0.15, 0.2) is 36.4 Å². The normalized spacial score (nSPS) is 12.5. The highest BCUT2D eigenvalue weighted by atomic mass is 35.5. The quantitative estimate of drug-likeness (QED) is 0.844. The van der Waals surface area contributed by atoms with Crippen molar-refractivity contribution in [1.29, 1.82) is 0 Å². The zero-order valence-corrected chi connectivity index (χ0v) is 12.1. The molecule has 0 saturated heterocycles. The Morgan fingerprint density at radius 1 is 1.00 bits per heavy atom. The summed E-state index contributed by atoms with van der Waals surface area (Å²) in [7, 11) is 0. The monoisotopic (exact) mass is 317 g/mol. The fourth-order valence-corrected chi connectivity index (χ4v) is 2.42. The minimum atomic E-state index is -0.533. The zero-order chi connectivity index (χ0) is 14.0. The largest absolute Gasteiger partial charge is 0.324 e. The van der Waals surface area contributed by atoms with Crippen molar-refractivity contribution in [2.45, 2.75) is 12.5 Å². The zero-order valence-electron chi connectivity index (χ0n) is 9.84. The molecule has 0 aliphatic heterocycles. The minimum absolute atomic E-state index is 0.364. The predicted molar refractivity (Wildman–Crippen MR) is 78.5 cm³/mol. The van der Waals surface area contributed by atoms with E-state index in [2.05, 4.69) is 0 Å². The molecule has 1 unspecified atom stereocenters. The molecule has 0 spiro atoms. The van der Waals surface area contributed by atoms with Gasteiger partial charge >= 0.3 is 0 Å². The standard InChI is InChI=1S/C14H11Cl3FN/c15-9-1-3-12(17)8(5-9)6-14(19)11-7-10(16)2-4-13(11)18/h1-5,7,14H,6,19H2. The average Bonchev–Trinajstić information content (AvgIpc) is 2.36. The summed E-state index contributed by atoms with van der Waals surface area (Å²) in [5.41, 5.74) is 7.16. The highest BCUT2D eigenvalue weighted by Gasteiger charge is 2.14. The molecule has 5 heteroatoms. The maximum atomic E-state index is 13.7. The number of hydrogen-bond donors (Lipinski definition) is 1.